The zero-order valence-corrected chi connectivity index (χ0v) is 13.0. The quantitative estimate of drug-likeness (QED) is 0.824. The largest absolute Gasteiger partial charge is 0.371 e. The van der Waals surface area contributed by atoms with E-state index < -0.39 is 0 Å². The minimum atomic E-state index is -0.0831. The van der Waals surface area contributed by atoms with Crippen LogP contribution in [-0.4, -0.2) is 23.7 Å². The molecule has 0 N–H and O–H groups in total. The van der Waals surface area contributed by atoms with Gasteiger partial charge in [0.25, 0.3) is 0 Å². The van der Waals surface area contributed by atoms with Gasteiger partial charge >= 0.3 is 0 Å². The maximum absolute atomic E-state index is 5.85. The van der Waals surface area contributed by atoms with Crippen LogP contribution in [0.15, 0.2) is 65.8 Å². The number of rotatable bonds is 5. The van der Waals surface area contributed by atoms with Gasteiger partial charge in [0.1, 0.15) is 5.71 Å². The first-order valence-corrected chi connectivity index (χ1v) is 7.95. The van der Waals surface area contributed by atoms with Crippen LogP contribution in [0.4, 0.5) is 0 Å². The molecule has 3 heteroatoms. The van der Waals surface area contributed by atoms with Gasteiger partial charge < -0.3 is 4.84 Å². The van der Waals surface area contributed by atoms with Crippen LogP contribution in [0, 0.1) is 0 Å². The van der Waals surface area contributed by atoms with Crippen LogP contribution < -0.4 is 0 Å². The molecular weight excluding hydrogens is 272 g/mol. The lowest BCUT2D eigenvalue weighted by atomic mass is 10.1. The molecule has 0 aromatic heterocycles. The fourth-order valence-electron chi connectivity index (χ4n) is 2.71. The molecule has 0 spiro atoms. The van der Waals surface area contributed by atoms with Gasteiger partial charge in [-0.05, 0) is 6.42 Å². The Hall–Kier alpha value is -2.13. The standard InChI is InChI=1S/C19H22N2O/c1-2-3-14-21-15-18(16-10-6-4-7-11-16)20-22-19(21)17-12-8-5-9-13-17/h4-13,19H,2-3,14-15H2,1H3. The summed E-state index contributed by atoms with van der Waals surface area (Å²) < 4.78 is 0. The maximum atomic E-state index is 5.85. The molecule has 0 radical (unpaired) electrons. The van der Waals surface area contributed by atoms with Gasteiger partial charge in [-0.3, -0.25) is 4.90 Å². The van der Waals surface area contributed by atoms with E-state index in [-0.39, 0.29) is 6.23 Å². The maximum Gasteiger partial charge on any atom is 0.207 e. The molecule has 1 heterocycles. The van der Waals surface area contributed by atoms with Gasteiger partial charge in [-0.2, -0.15) is 0 Å². The number of benzene rings is 2. The topological polar surface area (TPSA) is 24.8 Å². The number of hydrogen-bond donors (Lipinski definition) is 0. The van der Waals surface area contributed by atoms with Gasteiger partial charge in [0.15, 0.2) is 0 Å². The number of oxime groups is 1. The van der Waals surface area contributed by atoms with E-state index in [0.717, 1.165) is 36.3 Å². The number of hydrogen-bond acceptors (Lipinski definition) is 3. The van der Waals surface area contributed by atoms with Crippen molar-refractivity contribution in [3.8, 4) is 0 Å². The second-order valence-electron chi connectivity index (χ2n) is 5.60. The first kappa shape index (κ1) is 14.8. The van der Waals surface area contributed by atoms with Crippen molar-refractivity contribution in [1.82, 2.24) is 4.90 Å². The molecule has 0 saturated carbocycles. The highest BCUT2D eigenvalue weighted by molar-refractivity contribution is 6.01. The van der Waals surface area contributed by atoms with E-state index in [1.54, 1.807) is 0 Å². The SMILES string of the molecule is CCCCN1CC(c2ccccc2)=NOC1c1ccccc1. The van der Waals surface area contributed by atoms with Gasteiger partial charge in [0, 0.05) is 24.2 Å². The molecule has 1 unspecified atom stereocenters. The summed E-state index contributed by atoms with van der Waals surface area (Å²) in [6.07, 6.45) is 2.25. The molecule has 1 aliphatic rings. The van der Waals surface area contributed by atoms with Gasteiger partial charge in [-0.1, -0.05) is 79.2 Å². The third kappa shape index (κ3) is 3.37. The fraction of sp³-hybridized carbons (Fsp3) is 0.316. The average molecular weight is 294 g/mol. The molecule has 2 aromatic carbocycles. The van der Waals surface area contributed by atoms with Crippen LogP contribution in [0.25, 0.3) is 0 Å². The lowest BCUT2D eigenvalue weighted by Crippen LogP contribution is -2.39. The molecule has 0 fully saturated rings. The smallest absolute Gasteiger partial charge is 0.207 e. The van der Waals surface area contributed by atoms with Crippen molar-refractivity contribution < 1.29 is 4.84 Å². The van der Waals surface area contributed by atoms with Crippen LogP contribution in [-0.2, 0) is 4.84 Å². The minimum Gasteiger partial charge on any atom is -0.371 e. The zero-order valence-electron chi connectivity index (χ0n) is 13.0. The molecule has 3 rings (SSSR count). The monoisotopic (exact) mass is 294 g/mol. The number of unbranched alkanes of at least 4 members (excludes halogenated alkanes) is 1. The average Bonchev–Trinajstić information content (AvgIpc) is 2.61. The summed E-state index contributed by atoms with van der Waals surface area (Å²) >= 11 is 0. The Labute approximate surface area is 132 Å². The normalized spacial score (nSPS) is 18.6. The van der Waals surface area contributed by atoms with E-state index in [2.05, 4.69) is 41.2 Å². The molecule has 0 aliphatic carbocycles. The fourth-order valence-corrected chi connectivity index (χ4v) is 2.71. The lowest BCUT2D eigenvalue weighted by molar-refractivity contribution is -0.0677. The summed E-state index contributed by atoms with van der Waals surface area (Å²) in [4.78, 5) is 8.22. The Morgan fingerprint density at radius 3 is 2.41 bits per heavy atom. The molecule has 0 bridgehead atoms. The van der Waals surface area contributed by atoms with Gasteiger partial charge in [-0.15, -0.1) is 0 Å². The van der Waals surface area contributed by atoms with Gasteiger partial charge in [-0.25, -0.2) is 0 Å². The van der Waals surface area contributed by atoms with Crippen LogP contribution in [0.3, 0.4) is 0 Å². The Kier molecular flexibility index (Phi) is 4.86. The van der Waals surface area contributed by atoms with Crippen LogP contribution >= 0.6 is 0 Å². The van der Waals surface area contributed by atoms with Crippen LogP contribution in [0.2, 0.25) is 0 Å². The molecular formula is C19H22N2O. The third-order valence-electron chi connectivity index (χ3n) is 3.94. The molecule has 0 saturated heterocycles. The first-order chi connectivity index (χ1) is 10.9. The van der Waals surface area contributed by atoms with Crippen molar-refractivity contribution >= 4 is 5.71 Å². The Bertz CT molecular complexity index is 610. The van der Waals surface area contributed by atoms with Crippen molar-refractivity contribution in [3.05, 3.63) is 71.8 Å². The molecule has 0 amide bonds. The van der Waals surface area contributed by atoms with E-state index in [0.29, 0.717) is 0 Å². The lowest BCUT2D eigenvalue weighted by Gasteiger charge is -2.34. The summed E-state index contributed by atoms with van der Waals surface area (Å²) in [5.74, 6) is 0. The summed E-state index contributed by atoms with van der Waals surface area (Å²) in [5.41, 5.74) is 3.30. The highest BCUT2D eigenvalue weighted by atomic mass is 16.7. The zero-order chi connectivity index (χ0) is 15.2. The highest BCUT2D eigenvalue weighted by Crippen LogP contribution is 2.27. The van der Waals surface area contributed by atoms with Crippen LogP contribution in [0.1, 0.15) is 37.1 Å². The highest BCUT2D eigenvalue weighted by Gasteiger charge is 2.27. The minimum absolute atomic E-state index is 0.0831. The molecule has 3 nitrogen and oxygen atoms in total. The molecule has 22 heavy (non-hydrogen) atoms. The predicted molar refractivity (Wildman–Crippen MR) is 89.7 cm³/mol. The van der Waals surface area contributed by atoms with Crippen molar-refractivity contribution in [2.24, 2.45) is 5.16 Å². The van der Waals surface area contributed by atoms with Gasteiger partial charge in [0.05, 0.1) is 0 Å². The van der Waals surface area contributed by atoms with Crippen LogP contribution in [0.5, 0.6) is 0 Å². The number of nitrogens with zero attached hydrogens (tertiary/aromatic N) is 2. The second-order valence-corrected chi connectivity index (χ2v) is 5.60. The third-order valence-corrected chi connectivity index (χ3v) is 3.94. The Balaban J connectivity index is 1.84. The van der Waals surface area contributed by atoms with E-state index in [4.69, 9.17) is 4.84 Å². The van der Waals surface area contributed by atoms with E-state index in [1.165, 1.54) is 6.42 Å². The summed E-state index contributed by atoms with van der Waals surface area (Å²) in [5, 5.41) is 4.39. The first-order valence-electron chi connectivity index (χ1n) is 7.95. The molecule has 1 aliphatic heterocycles. The van der Waals surface area contributed by atoms with E-state index in [9.17, 15) is 0 Å². The summed E-state index contributed by atoms with van der Waals surface area (Å²) in [6, 6.07) is 20.6. The predicted octanol–water partition coefficient (Wildman–Crippen LogP) is 4.22. The van der Waals surface area contributed by atoms with Gasteiger partial charge in [0.2, 0.25) is 6.23 Å². The Morgan fingerprint density at radius 1 is 1.05 bits per heavy atom. The summed E-state index contributed by atoms with van der Waals surface area (Å²) in [6.45, 7) is 4.06. The molecule has 114 valence electrons. The Morgan fingerprint density at radius 2 is 1.73 bits per heavy atom. The second kappa shape index (κ2) is 7.23. The summed E-state index contributed by atoms with van der Waals surface area (Å²) in [7, 11) is 0. The van der Waals surface area contributed by atoms with Crippen molar-refractivity contribution in [2.45, 2.75) is 26.0 Å². The van der Waals surface area contributed by atoms with E-state index >= 15 is 0 Å². The molecule has 2 aromatic rings. The van der Waals surface area contributed by atoms with Crippen molar-refractivity contribution in [2.75, 3.05) is 13.1 Å². The van der Waals surface area contributed by atoms with Crippen molar-refractivity contribution in [1.29, 1.82) is 0 Å². The molecule has 1 atom stereocenters. The van der Waals surface area contributed by atoms with E-state index in [1.807, 2.05) is 36.4 Å². The van der Waals surface area contributed by atoms with Crippen molar-refractivity contribution in [3.63, 3.8) is 0 Å².